The van der Waals surface area contributed by atoms with Crippen molar-refractivity contribution in [3.63, 3.8) is 0 Å². The Hall–Kier alpha value is -2.80. The second-order valence-electron chi connectivity index (χ2n) is 9.82. The Balaban J connectivity index is 1.22. The highest BCUT2D eigenvalue weighted by atomic mass is 32.2. The molecule has 2 amide bonds. The Morgan fingerprint density at radius 2 is 2.00 bits per heavy atom. The minimum atomic E-state index is -2.68. The third kappa shape index (κ3) is 4.86. The Labute approximate surface area is 225 Å². The first-order valence-electron chi connectivity index (χ1n) is 12.5. The van der Waals surface area contributed by atoms with Crippen LogP contribution in [0.3, 0.4) is 0 Å². The molecule has 0 spiro atoms. The zero-order valence-electron chi connectivity index (χ0n) is 20.4. The summed E-state index contributed by atoms with van der Waals surface area (Å²) in [5, 5.41) is 19.2. The molecule has 15 heteroatoms. The molecule has 6 rings (SSSR count). The molecule has 10 nitrogen and oxygen atoms in total. The van der Waals surface area contributed by atoms with E-state index < -0.39 is 18.1 Å². The van der Waals surface area contributed by atoms with Crippen LogP contribution in [0.2, 0.25) is 0 Å². The normalized spacial score (nSPS) is 24.6. The van der Waals surface area contributed by atoms with Crippen molar-refractivity contribution in [3.8, 4) is 6.07 Å². The number of aromatic nitrogens is 2. The average molecular weight is 566 g/mol. The minimum Gasteiger partial charge on any atom is -0.353 e. The fourth-order valence-corrected chi connectivity index (χ4v) is 6.50. The van der Waals surface area contributed by atoms with Crippen molar-refractivity contribution < 1.29 is 18.0 Å². The van der Waals surface area contributed by atoms with Gasteiger partial charge in [0.2, 0.25) is 0 Å². The van der Waals surface area contributed by atoms with E-state index in [0.717, 1.165) is 46.2 Å². The van der Waals surface area contributed by atoms with Crippen molar-refractivity contribution in [2.75, 3.05) is 45.8 Å². The zero-order chi connectivity index (χ0) is 26.4. The number of hydrazine groups is 1. The van der Waals surface area contributed by atoms with Crippen molar-refractivity contribution in [3.05, 3.63) is 38.6 Å². The molecule has 0 radical (unpaired) electrons. The number of piperazine rings is 1. The van der Waals surface area contributed by atoms with Gasteiger partial charge >= 0.3 is 6.03 Å². The monoisotopic (exact) mass is 565 g/mol. The summed E-state index contributed by atoms with van der Waals surface area (Å²) in [5.41, 5.74) is 4.37. The van der Waals surface area contributed by atoms with Gasteiger partial charge in [0.1, 0.15) is 22.5 Å². The summed E-state index contributed by atoms with van der Waals surface area (Å²) < 4.78 is 43.2. The summed E-state index contributed by atoms with van der Waals surface area (Å²) in [6.07, 6.45) is 2.30. The number of urea groups is 1. The van der Waals surface area contributed by atoms with E-state index in [0.29, 0.717) is 50.7 Å². The number of carbonyl (C=O) groups excluding carboxylic acids is 1. The Bertz CT molecular complexity index is 1250. The molecule has 0 aromatic carbocycles. The highest BCUT2D eigenvalue weighted by Gasteiger charge is 2.44. The number of hydrogen-bond donors (Lipinski definition) is 2. The molecule has 1 atom stereocenters. The summed E-state index contributed by atoms with van der Waals surface area (Å²) in [4.78, 5) is 19.2. The molecule has 1 saturated carbocycles. The van der Waals surface area contributed by atoms with Crippen LogP contribution >= 0.6 is 23.3 Å². The van der Waals surface area contributed by atoms with Crippen LogP contribution in [0.5, 0.6) is 0 Å². The highest BCUT2D eigenvalue weighted by Crippen LogP contribution is 2.41. The first-order chi connectivity index (χ1) is 18.4. The topological polar surface area (TPSA) is 104 Å². The largest absolute Gasteiger partial charge is 0.353 e. The summed E-state index contributed by atoms with van der Waals surface area (Å²) in [6, 6.07) is 2.20. The van der Waals surface area contributed by atoms with Crippen LogP contribution in [0, 0.1) is 11.3 Å². The van der Waals surface area contributed by atoms with Crippen LogP contribution in [0.25, 0.3) is 5.57 Å². The number of amides is 2. The Morgan fingerprint density at radius 3 is 2.63 bits per heavy atom. The standard InChI is InChI=1S/C23H26F3N9OS2/c24-14-1-4-34(12-14)22(36)33-7-5-32(6-8-33)18-10-15(38-31-23(13-27)2-3-23)9-17-16(11-28-35(17)18)20-29-30-21(37-20)19(25)26/h9-10,14,19,28,31H,1-8,11-12H2. The van der Waals surface area contributed by atoms with Gasteiger partial charge in [0.05, 0.1) is 18.3 Å². The van der Waals surface area contributed by atoms with Crippen LogP contribution in [0.1, 0.15) is 35.7 Å². The van der Waals surface area contributed by atoms with Gasteiger partial charge in [-0.1, -0.05) is 11.3 Å². The van der Waals surface area contributed by atoms with Gasteiger partial charge in [-0.05, 0) is 43.4 Å². The number of alkyl halides is 3. The van der Waals surface area contributed by atoms with Crippen molar-refractivity contribution in [2.45, 2.75) is 37.4 Å². The first kappa shape index (κ1) is 25.5. The van der Waals surface area contributed by atoms with Gasteiger partial charge in [-0.3, -0.25) is 5.01 Å². The molecule has 2 N–H and O–H groups in total. The molecule has 1 aliphatic carbocycles. The summed E-state index contributed by atoms with van der Waals surface area (Å²) >= 11 is 2.25. The second-order valence-corrected chi connectivity index (χ2v) is 11.7. The van der Waals surface area contributed by atoms with E-state index in [1.54, 1.807) is 9.80 Å². The Morgan fingerprint density at radius 1 is 1.21 bits per heavy atom. The maximum atomic E-state index is 13.6. The number of nitriles is 1. The number of hydrogen-bond acceptors (Lipinski definition) is 10. The SMILES string of the molecule is N#CC1(NSC2=CC3=C(c4nnc(C(F)F)s4)CNN3C(N3CCN(C(=O)N4CCC(F)C4)CC3)=C2)CC1. The van der Waals surface area contributed by atoms with Gasteiger partial charge in [-0.15, -0.1) is 10.2 Å². The molecule has 5 heterocycles. The molecule has 0 bridgehead atoms. The number of nitrogens with zero attached hydrogens (tertiary/aromatic N) is 7. The number of carbonyl (C=O) groups is 1. The lowest BCUT2D eigenvalue weighted by atomic mass is 10.1. The van der Waals surface area contributed by atoms with Crippen LogP contribution in [-0.4, -0.2) is 93.5 Å². The molecule has 2 saturated heterocycles. The number of likely N-dealkylation sites (tertiary alicyclic amines) is 1. The predicted octanol–water partition coefficient (Wildman–Crippen LogP) is 2.82. The molecule has 1 aromatic heterocycles. The van der Waals surface area contributed by atoms with Gasteiger partial charge in [0, 0.05) is 49.7 Å². The van der Waals surface area contributed by atoms with Crippen LogP contribution in [0.4, 0.5) is 18.0 Å². The number of allylic oxidation sites excluding steroid dienone is 2. The van der Waals surface area contributed by atoms with Crippen molar-refractivity contribution in [1.29, 1.82) is 5.26 Å². The zero-order valence-corrected chi connectivity index (χ0v) is 22.0. The number of nitrogens with one attached hydrogen (secondary N) is 2. The number of rotatable bonds is 6. The maximum Gasteiger partial charge on any atom is 0.320 e. The lowest BCUT2D eigenvalue weighted by Gasteiger charge is -2.42. The van der Waals surface area contributed by atoms with E-state index >= 15 is 0 Å². The fourth-order valence-electron chi connectivity index (χ4n) is 4.85. The molecular weight excluding hydrogens is 539 g/mol. The summed E-state index contributed by atoms with van der Waals surface area (Å²) in [5.74, 6) is 0.860. The average Bonchev–Trinajstić information content (AvgIpc) is 3.25. The van der Waals surface area contributed by atoms with Crippen molar-refractivity contribution in [2.24, 2.45) is 0 Å². The Kier molecular flexibility index (Phi) is 6.75. The van der Waals surface area contributed by atoms with Gasteiger partial charge in [-0.2, -0.15) is 5.26 Å². The van der Waals surface area contributed by atoms with Gasteiger partial charge in [0.15, 0.2) is 5.01 Å². The third-order valence-corrected chi connectivity index (χ3v) is 9.19. The van der Waals surface area contributed by atoms with E-state index in [1.165, 1.54) is 11.9 Å². The quantitative estimate of drug-likeness (QED) is 0.504. The van der Waals surface area contributed by atoms with Crippen LogP contribution in [0.15, 0.2) is 28.6 Å². The minimum absolute atomic E-state index is 0.123. The van der Waals surface area contributed by atoms with E-state index in [1.807, 2.05) is 17.2 Å². The second kappa shape index (κ2) is 10.1. The molecule has 202 valence electrons. The van der Waals surface area contributed by atoms with E-state index in [-0.39, 0.29) is 17.6 Å². The number of fused-ring (bicyclic) bond motifs is 1. The smallest absolute Gasteiger partial charge is 0.320 e. The lowest BCUT2D eigenvalue weighted by Crippen LogP contribution is -2.54. The lowest BCUT2D eigenvalue weighted by molar-refractivity contribution is 0.112. The van der Waals surface area contributed by atoms with Crippen molar-refractivity contribution in [1.82, 2.24) is 40.1 Å². The summed E-state index contributed by atoms with van der Waals surface area (Å²) in [7, 11) is 0. The van der Waals surface area contributed by atoms with E-state index in [9.17, 15) is 23.2 Å². The molecule has 5 aliphatic rings. The molecule has 38 heavy (non-hydrogen) atoms. The van der Waals surface area contributed by atoms with Gasteiger partial charge in [-0.25, -0.2) is 28.1 Å². The van der Waals surface area contributed by atoms with Crippen molar-refractivity contribution >= 4 is 34.9 Å². The molecule has 3 fully saturated rings. The molecular formula is C23H26F3N9OS2. The van der Waals surface area contributed by atoms with E-state index in [4.69, 9.17) is 0 Å². The van der Waals surface area contributed by atoms with Gasteiger partial charge in [0.25, 0.3) is 6.43 Å². The van der Waals surface area contributed by atoms with E-state index in [2.05, 4.69) is 31.3 Å². The molecule has 1 aromatic rings. The predicted molar refractivity (Wildman–Crippen MR) is 136 cm³/mol. The third-order valence-electron chi connectivity index (χ3n) is 7.23. The maximum absolute atomic E-state index is 13.6. The van der Waals surface area contributed by atoms with Crippen LogP contribution in [-0.2, 0) is 0 Å². The van der Waals surface area contributed by atoms with Crippen LogP contribution < -0.4 is 10.1 Å². The van der Waals surface area contributed by atoms with Gasteiger partial charge < -0.3 is 14.7 Å². The fraction of sp³-hybridized carbons (Fsp3) is 0.565. The number of halogens is 3. The molecule has 4 aliphatic heterocycles. The highest BCUT2D eigenvalue weighted by molar-refractivity contribution is 8.01. The summed E-state index contributed by atoms with van der Waals surface area (Å²) in [6.45, 7) is 3.15. The first-order valence-corrected chi connectivity index (χ1v) is 14.1. The molecule has 1 unspecified atom stereocenters.